The maximum Gasteiger partial charge on any atom is 0.270 e. The standard InChI is InChI=1S/C17H29BrN2O/c1-6-9-19-12-14(18)10-16(19)17(21)20(11-13(4)5)15(7-2)8-3/h10,12-13,15H,6-9,11H2,1-5H3. The number of halogens is 1. The highest BCUT2D eigenvalue weighted by atomic mass is 79.9. The van der Waals surface area contributed by atoms with Crippen molar-refractivity contribution in [3.8, 4) is 0 Å². The summed E-state index contributed by atoms with van der Waals surface area (Å²) in [6, 6.07) is 2.27. The number of hydrogen-bond donors (Lipinski definition) is 0. The van der Waals surface area contributed by atoms with Crippen LogP contribution < -0.4 is 0 Å². The van der Waals surface area contributed by atoms with Crippen LogP contribution in [0.1, 0.15) is 64.4 Å². The summed E-state index contributed by atoms with van der Waals surface area (Å²) in [5, 5.41) is 0. The molecule has 1 aromatic heterocycles. The first-order valence-corrected chi connectivity index (χ1v) is 8.90. The molecule has 0 radical (unpaired) electrons. The Kier molecular flexibility index (Phi) is 7.50. The van der Waals surface area contributed by atoms with Crippen molar-refractivity contribution in [1.82, 2.24) is 9.47 Å². The van der Waals surface area contributed by atoms with E-state index in [9.17, 15) is 4.79 Å². The summed E-state index contributed by atoms with van der Waals surface area (Å²) in [6.07, 6.45) is 5.04. The van der Waals surface area contributed by atoms with Crippen LogP contribution in [0.2, 0.25) is 0 Å². The molecule has 0 saturated heterocycles. The Morgan fingerprint density at radius 2 is 1.90 bits per heavy atom. The van der Waals surface area contributed by atoms with Crippen LogP contribution in [-0.4, -0.2) is 28.0 Å². The first-order chi connectivity index (χ1) is 9.94. The predicted molar refractivity (Wildman–Crippen MR) is 92.7 cm³/mol. The zero-order valence-electron chi connectivity index (χ0n) is 14.0. The normalized spacial score (nSPS) is 11.4. The van der Waals surface area contributed by atoms with Crippen LogP contribution in [0.15, 0.2) is 16.7 Å². The highest BCUT2D eigenvalue weighted by Gasteiger charge is 2.25. The monoisotopic (exact) mass is 356 g/mol. The van der Waals surface area contributed by atoms with Gasteiger partial charge >= 0.3 is 0 Å². The van der Waals surface area contributed by atoms with Crippen molar-refractivity contribution in [2.24, 2.45) is 5.92 Å². The molecule has 0 spiro atoms. The molecule has 0 aliphatic heterocycles. The first-order valence-electron chi connectivity index (χ1n) is 8.11. The van der Waals surface area contributed by atoms with E-state index < -0.39 is 0 Å². The molecule has 1 rings (SSSR count). The van der Waals surface area contributed by atoms with Gasteiger partial charge in [-0.1, -0.05) is 34.6 Å². The fourth-order valence-electron chi connectivity index (χ4n) is 2.75. The molecule has 4 heteroatoms. The molecule has 0 aliphatic carbocycles. The molecule has 1 aromatic rings. The lowest BCUT2D eigenvalue weighted by Crippen LogP contribution is -2.42. The molecular formula is C17H29BrN2O. The fourth-order valence-corrected chi connectivity index (χ4v) is 3.21. The summed E-state index contributed by atoms with van der Waals surface area (Å²) in [5.74, 6) is 0.643. The second-order valence-electron chi connectivity index (χ2n) is 6.06. The largest absolute Gasteiger partial charge is 0.342 e. The van der Waals surface area contributed by atoms with E-state index in [4.69, 9.17) is 0 Å². The SMILES string of the molecule is CCCn1cc(Br)cc1C(=O)N(CC(C)C)C(CC)CC. The average molecular weight is 357 g/mol. The smallest absolute Gasteiger partial charge is 0.270 e. The van der Waals surface area contributed by atoms with Crippen molar-refractivity contribution in [3.05, 3.63) is 22.4 Å². The Hall–Kier alpha value is -0.770. The Morgan fingerprint density at radius 1 is 1.29 bits per heavy atom. The highest BCUT2D eigenvalue weighted by molar-refractivity contribution is 9.10. The number of carbonyl (C=O) groups excluding carboxylic acids is 1. The Balaban J connectivity index is 3.09. The average Bonchev–Trinajstić information content (AvgIpc) is 2.79. The number of hydrogen-bond acceptors (Lipinski definition) is 1. The molecule has 3 nitrogen and oxygen atoms in total. The van der Waals surface area contributed by atoms with Gasteiger partial charge in [0.15, 0.2) is 0 Å². The highest BCUT2D eigenvalue weighted by Crippen LogP contribution is 2.21. The Bertz CT molecular complexity index is 450. The molecule has 0 unspecified atom stereocenters. The molecule has 0 atom stereocenters. The molecule has 0 fully saturated rings. The molecule has 21 heavy (non-hydrogen) atoms. The van der Waals surface area contributed by atoms with Crippen LogP contribution in [-0.2, 0) is 6.54 Å². The summed E-state index contributed by atoms with van der Waals surface area (Å²) >= 11 is 3.50. The third kappa shape index (κ3) is 4.87. The number of amides is 1. The molecule has 1 heterocycles. The van der Waals surface area contributed by atoms with Gasteiger partial charge in [-0.05, 0) is 47.2 Å². The second kappa shape index (κ2) is 8.62. The summed E-state index contributed by atoms with van der Waals surface area (Å²) in [6.45, 7) is 12.5. The van der Waals surface area contributed by atoms with Crippen molar-refractivity contribution in [3.63, 3.8) is 0 Å². The lowest BCUT2D eigenvalue weighted by molar-refractivity contribution is 0.0629. The van der Waals surface area contributed by atoms with Gasteiger partial charge in [0, 0.05) is 29.8 Å². The topological polar surface area (TPSA) is 25.2 Å². The maximum absolute atomic E-state index is 13.0. The number of aromatic nitrogens is 1. The first kappa shape index (κ1) is 18.3. The van der Waals surface area contributed by atoms with Gasteiger partial charge in [0.25, 0.3) is 5.91 Å². The van der Waals surface area contributed by atoms with Gasteiger partial charge < -0.3 is 9.47 Å². The molecular weight excluding hydrogens is 328 g/mol. The van der Waals surface area contributed by atoms with Gasteiger partial charge in [0.2, 0.25) is 0 Å². The van der Waals surface area contributed by atoms with Crippen molar-refractivity contribution in [2.75, 3.05) is 6.54 Å². The van der Waals surface area contributed by atoms with E-state index in [1.54, 1.807) is 0 Å². The van der Waals surface area contributed by atoms with Crippen molar-refractivity contribution >= 4 is 21.8 Å². The van der Waals surface area contributed by atoms with E-state index in [1.807, 2.05) is 12.3 Å². The number of aryl methyl sites for hydroxylation is 1. The third-order valence-electron chi connectivity index (χ3n) is 3.75. The third-order valence-corrected chi connectivity index (χ3v) is 4.19. The number of rotatable bonds is 8. The van der Waals surface area contributed by atoms with E-state index in [0.717, 1.165) is 42.5 Å². The summed E-state index contributed by atoms with van der Waals surface area (Å²) in [5.41, 5.74) is 0.802. The number of carbonyl (C=O) groups is 1. The molecule has 120 valence electrons. The van der Waals surface area contributed by atoms with Crippen molar-refractivity contribution in [2.45, 2.75) is 66.5 Å². The van der Waals surface area contributed by atoms with Crippen LogP contribution in [0.3, 0.4) is 0 Å². The van der Waals surface area contributed by atoms with E-state index in [-0.39, 0.29) is 5.91 Å². The predicted octanol–water partition coefficient (Wildman–Crippen LogP) is 4.95. The van der Waals surface area contributed by atoms with Gasteiger partial charge in [-0.2, -0.15) is 0 Å². The minimum Gasteiger partial charge on any atom is -0.342 e. The van der Waals surface area contributed by atoms with Crippen molar-refractivity contribution in [1.29, 1.82) is 0 Å². The zero-order chi connectivity index (χ0) is 16.0. The Labute approximate surface area is 137 Å². The summed E-state index contributed by atoms with van der Waals surface area (Å²) in [4.78, 5) is 15.1. The van der Waals surface area contributed by atoms with E-state index >= 15 is 0 Å². The van der Waals surface area contributed by atoms with Crippen LogP contribution in [0.4, 0.5) is 0 Å². The van der Waals surface area contributed by atoms with Crippen LogP contribution in [0.25, 0.3) is 0 Å². The molecule has 0 bridgehead atoms. The van der Waals surface area contributed by atoms with Gasteiger partial charge in [-0.25, -0.2) is 0 Å². The van der Waals surface area contributed by atoms with E-state index in [1.165, 1.54) is 0 Å². The molecule has 0 aromatic carbocycles. The lowest BCUT2D eigenvalue weighted by Gasteiger charge is -2.32. The number of nitrogens with zero attached hydrogens (tertiary/aromatic N) is 2. The maximum atomic E-state index is 13.0. The quantitative estimate of drug-likeness (QED) is 0.646. The zero-order valence-corrected chi connectivity index (χ0v) is 15.6. The summed E-state index contributed by atoms with van der Waals surface area (Å²) < 4.78 is 3.05. The van der Waals surface area contributed by atoms with Gasteiger partial charge in [0.05, 0.1) is 0 Å². The second-order valence-corrected chi connectivity index (χ2v) is 6.97. The minimum atomic E-state index is 0.163. The Morgan fingerprint density at radius 3 is 2.38 bits per heavy atom. The van der Waals surface area contributed by atoms with E-state index in [2.05, 4.69) is 60.0 Å². The van der Waals surface area contributed by atoms with E-state index in [0.29, 0.717) is 12.0 Å². The fraction of sp³-hybridized carbons (Fsp3) is 0.706. The minimum absolute atomic E-state index is 0.163. The molecule has 1 amide bonds. The van der Waals surface area contributed by atoms with Gasteiger partial charge in [-0.15, -0.1) is 0 Å². The van der Waals surface area contributed by atoms with Crippen LogP contribution in [0.5, 0.6) is 0 Å². The molecule has 0 saturated carbocycles. The molecule has 0 N–H and O–H groups in total. The van der Waals surface area contributed by atoms with Crippen molar-refractivity contribution < 1.29 is 4.79 Å². The lowest BCUT2D eigenvalue weighted by atomic mass is 10.1. The van der Waals surface area contributed by atoms with Gasteiger partial charge in [0.1, 0.15) is 5.69 Å². The van der Waals surface area contributed by atoms with Gasteiger partial charge in [-0.3, -0.25) is 4.79 Å². The van der Waals surface area contributed by atoms with Crippen LogP contribution >= 0.6 is 15.9 Å². The molecule has 0 aliphatic rings. The van der Waals surface area contributed by atoms with Crippen LogP contribution in [0, 0.1) is 5.92 Å². The summed E-state index contributed by atoms with van der Waals surface area (Å²) in [7, 11) is 0.